The van der Waals surface area contributed by atoms with Crippen LogP contribution in [0.4, 0.5) is 5.69 Å². The van der Waals surface area contributed by atoms with Gasteiger partial charge < -0.3 is 15.0 Å². The van der Waals surface area contributed by atoms with Crippen molar-refractivity contribution in [2.45, 2.75) is 17.9 Å². The van der Waals surface area contributed by atoms with Gasteiger partial charge in [0, 0.05) is 49.3 Å². The van der Waals surface area contributed by atoms with E-state index in [4.69, 9.17) is 27.9 Å². The molecule has 0 aliphatic carbocycles. The molecular weight excluding hydrogens is 469 g/mol. The highest BCUT2D eigenvalue weighted by Crippen LogP contribution is 2.36. The predicted octanol–water partition coefficient (Wildman–Crippen LogP) is 3.58. The summed E-state index contributed by atoms with van der Waals surface area (Å²) in [6.07, 6.45) is 0.536. The zero-order valence-corrected chi connectivity index (χ0v) is 19.7. The molecule has 2 aromatic rings. The average Bonchev–Trinajstić information content (AvgIpc) is 2.76. The zero-order valence-electron chi connectivity index (χ0n) is 16.5. The van der Waals surface area contributed by atoms with Gasteiger partial charge in [-0.3, -0.25) is 0 Å². The Kier molecular flexibility index (Phi) is 7.43. The third-order valence-corrected chi connectivity index (χ3v) is 8.06. The van der Waals surface area contributed by atoms with E-state index >= 15 is 0 Å². The molecule has 6 nitrogen and oxygen atoms in total. The number of benzene rings is 2. The van der Waals surface area contributed by atoms with E-state index in [1.807, 2.05) is 0 Å². The molecule has 2 aliphatic rings. The molecule has 1 saturated heterocycles. The minimum atomic E-state index is -3.69. The van der Waals surface area contributed by atoms with Crippen molar-refractivity contribution in [3.8, 4) is 5.75 Å². The number of nitrogens with zero attached hydrogens (tertiary/aromatic N) is 2. The van der Waals surface area contributed by atoms with Crippen molar-refractivity contribution in [1.82, 2.24) is 9.62 Å². The van der Waals surface area contributed by atoms with Crippen LogP contribution in [-0.4, -0.2) is 52.6 Å². The molecule has 0 bridgehead atoms. The number of piperazine rings is 1. The van der Waals surface area contributed by atoms with Gasteiger partial charge in [0.05, 0.1) is 17.7 Å². The molecule has 0 unspecified atom stereocenters. The van der Waals surface area contributed by atoms with Crippen molar-refractivity contribution < 1.29 is 13.2 Å². The minimum Gasteiger partial charge on any atom is -0.495 e. The number of rotatable bonds is 4. The van der Waals surface area contributed by atoms with Gasteiger partial charge >= 0.3 is 0 Å². The molecule has 0 atom stereocenters. The lowest BCUT2D eigenvalue weighted by Gasteiger charge is -2.32. The standard InChI is InChI=1S/C20H23Cl2N3O3S.ClH/c1-28-20-5-2-14(12-19(20)24-10-7-23-8-11-24)29(26,27)25-9-6-15-16(13-25)18(22)4-3-17(15)21;/h2-5,12,23H,6-11,13H2,1H3;1H. The second-order valence-electron chi connectivity index (χ2n) is 7.15. The summed E-state index contributed by atoms with van der Waals surface area (Å²) >= 11 is 12.6. The number of anilines is 1. The molecule has 1 N–H and O–H groups in total. The molecule has 0 amide bonds. The minimum absolute atomic E-state index is 0. The number of ether oxygens (including phenoxy) is 1. The van der Waals surface area contributed by atoms with Gasteiger partial charge in [0.2, 0.25) is 10.0 Å². The molecule has 0 aromatic heterocycles. The fourth-order valence-corrected chi connectivity index (χ4v) is 5.84. The van der Waals surface area contributed by atoms with E-state index in [9.17, 15) is 8.42 Å². The van der Waals surface area contributed by atoms with Crippen LogP contribution >= 0.6 is 35.6 Å². The number of hydrogen-bond acceptors (Lipinski definition) is 5. The normalized spacial score (nSPS) is 17.2. The van der Waals surface area contributed by atoms with Gasteiger partial charge in [-0.25, -0.2) is 8.42 Å². The smallest absolute Gasteiger partial charge is 0.243 e. The number of fused-ring (bicyclic) bond motifs is 1. The van der Waals surface area contributed by atoms with Crippen molar-refractivity contribution in [3.63, 3.8) is 0 Å². The fraction of sp³-hybridized carbons (Fsp3) is 0.400. The van der Waals surface area contributed by atoms with Gasteiger partial charge in [0.15, 0.2) is 0 Å². The Morgan fingerprint density at radius 1 is 1.00 bits per heavy atom. The molecular formula is C20H24Cl3N3O3S. The third kappa shape index (κ3) is 4.38. The van der Waals surface area contributed by atoms with Crippen molar-refractivity contribution in [2.24, 2.45) is 0 Å². The van der Waals surface area contributed by atoms with Crippen LogP contribution < -0.4 is 15.0 Å². The van der Waals surface area contributed by atoms with Crippen LogP contribution in [0.1, 0.15) is 11.1 Å². The van der Waals surface area contributed by atoms with Gasteiger partial charge in [0.25, 0.3) is 0 Å². The van der Waals surface area contributed by atoms with E-state index in [1.54, 1.807) is 37.4 Å². The van der Waals surface area contributed by atoms with E-state index in [-0.39, 0.29) is 23.8 Å². The van der Waals surface area contributed by atoms with E-state index in [2.05, 4.69) is 10.2 Å². The number of sulfonamides is 1. The Labute approximate surface area is 193 Å². The van der Waals surface area contributed by atoms with Crippen LogP contribution in [0.15, 0.2) is 35.2 Å². The Bertz CT molecular complexity index is 1030. The lowest BCUT2D eigenvalue weighted by atomic mass is 10.0. The van der Waals surface area contributed by atoms with Crippen LogP contribution in [-0.2, 0) is 23.0 Å². The summed E-state index contributed by atoms with van der Waals surface area (Å²) in [6.45, 7) is 3.87. The van der Waals surface area contributed by atoms with Crippen LogP contribution in [0, 0.1) is 0 Å². The predicted molar refractivity (Wildman–Crippen MR) is 123 cm³/mol. The summed E-state index contributed by atoms with van der Waals surface area (Å²) in [5.74, 6) is 0.671. The van der Waals surface area contributed by atoms with Gasteiger partial charge in [-0.2, -0.15) is 4.31 Å². The summed E-state index contributed by atoms with van der Waals surface area (Å²) in [5, 5.41) is 4.48. The number of hydrogen-bond donors (Lipinski definition) is 1. The summed E-state index contributed by atoms with van der Waals surface area (Å²) in [7, 11) is -2.09. The largest absolute Gasteiger partial charge is 0.495 e. The van der Waals surface area contributed by atoms with Crippen LogP contribution in [0.25, 0.3) is 0 Å². The first-order valence-corrected chi connectivity index (χ1v) is 11.7. The molecule has 0 saturated carbocycles. The van der Waals surface area contributed by atoms with Gasteiger partial charge in [-0.05, 0) is 47.9 Å². The quantitative estimate of drug-likeness (QED) is 0.707. The molecule has 0 radical (unpaired) electrons. The van der Waals surface area contributed by atoms with Crippen molar-refractivity contribution in [1.29, 1.82) is 0 Å². The maximum atomic E-state index is 13.4. The van der Waals surface area contributed by atoms with Crippen molar-refractivity contribution in [3.05, 3.63) is 51.5 Å². The number of methoxy groups -OCH3 is 1. The zero-order chi connectivity index (χ0) is 20.6. The van der Waals surface area contributed by atoms with Gasteiger partial charge in [0.1, 0.15) is 5.75 Å². The monoisotopic (exact) mass is 491 g/mol. The Morgan fingerprint density at radius 3 is 2.33 bits per heavy atom. The summed E-state index contributed by atoms with van der Waals surface area (Å²) in [5.41, 5.74) is 2.51. The van der Waals surface area contributed by atoms with E-state index in [0.717, 1.165) is 43.0 Å². The second-order valence-corrected chi connectivity index (χ2v) is 9.90. The third-order valence-electron chi connectivity index (χ3n) is 5.51. The molecule has 4 rings (SSSR count). The topological polar surface area (TPSA) is 61.9 Å². The van der Waals surface area contributed by atoms with E-state index in [1.165, 1.54) is 4.31 Å². The molecule has 2 aliphatic heterocycles. The summed E-state index contributed by atoms with van der Waals surface area (Å²) in [4.78, 5) is 2.41. The number of halogens is 3. The molecule has 2 heterocycles. The maximum absolute atomic E-state index is 13.4. The lowest BCUT2D eigenvalue weighted by molar-refractivity contribution is 0.391. The molecule has 164 valence electrons. The molecule has 0 spiro atoms. The molecule has 2 aromatic carbocycles. The van der Waals surface area contributed by atoms with Gasteiger partial charge in [-0.1, -0.05) is 23.2 Å². The first kappa shape index (κ1) is 23.4. The second kappa shape index (κ2) is 9.51. The van der Waals surface area contributed by atoms with Crippen LogP contribution in [0.5, 0.6) is 5.75 Å². The molecule has 30 heavy (non-hydrogen) atoms. The summed E-state index contributed by atoms with van der Waals surface area (Å²) in [6, 6.07) is 8.53. The number of nitrogens with one attached hydrogen (secondary N) is 1. The highest BCUT2D eigenvalue weighted by molar-refractivity contribution is 7.89. The Balaban J connectivity index is 0.00000256. The van der Waals surface area contributed by atoms with Gasteiger partial charge in [-0.15, -0.1) is 12.4 Å². The average molecular weight is 493 g/mol. The summed E-state index contributed by atoms with van der Waals surface area (Å²) < 4.78 is 33.8. The SMILES string of the molecule is COc1ccc(S(=O)(=O)N2CCc3c(Cl)ccc(Cl)c3C2)cc1N1CCNCC1.Cl. The van der Waals surface area contributed by atoms with Crippen molar-refractivity contribution >= 4 is 51.3 Å². The first-order valence-electron chi connectivity index (χ1n) is 9.51. The van der Waals surface area contributed by atoms with E-state index < -0.39 is 10.0 Å². The van der Waals surface area contributed by atoms with Crippen molar-refractivity contribution in [2.75, 3.05) is 44.7 Å². The van der Waals surface area contributed by atoms with Crippen LogP contribution in [0.2, 0.25) is 10.0 Å². The Hall–Kier alpha value is -1.22. The highest BCUT2D eigenvalue weighted by Gasteiger charge is 2.31. The maximum Gasteiger partial charge on any atom is 0.243 e. The van der Waals surface area contributed by atoms with Crippen LogP contribution in [0.3, 0.4) is 0 Å². The Morgan fingerprint density at radius 2 is 1.67 bits per heavy atom. The molecule has 10 heteroatoms. The first-order chi connectivity index (χ1) is 13.9. The lowest BCUT2D eigenvalue weighted by Crippen LogP contribution is -2.43. The van der Waals surface area contributed by atoms with E-state index in [0.29, 0.717) is 28.8 Å². The fourth-order valence-electron chi connectivity index (χ4n) is 3.91. The molecule has 1 fully saturated rings. The highest BCUT2D eigenvalue weighted by atomic mass is 35.5.